The number of nitrogens with zero attached hydrogens (tertiary/aromatic N) is 2. The Hall–Kier alpha value is -2.44. The van der Waals surface area contributed by atoms with Crippen molar-refractivity contribution in [1.82, 2.24) is 15.1 Å². The number of carbonyl (C=O) groups excluding carboxylic acids is 1. The summed E-state index contributed by atoms with van der Waals surface area (Å²) in [4.78, 5) is 11.8. The maximum atomic E-state index is 13.6. The van der Waals surface area contributed by atoms with E-state index in [9.17, 15) is 13.6 Å². The maximum absolute atomic E-state index is 13.6. The fourth-order valence-corrected chi connectivity index (χ4v) is 1.92. The first-order valence-electron chi connectivity index (χ1n) is 6.54. The van der Waals surface area contributed by atoms with Crippen LogP contribution in [0.2, 0.25) is 0 Å². The minimum Gasteiger partial charge on any atom is -0.383 e. The van der Waals surface area contributed by atoms with E-state index >= 15 is 0 Å². The first kappa shape index (κ1) is 15.0. The highest BCUT2D eigenvalue weighted by Gasteiger charge is 2.13. The molecule has 2 N–H and O–H groups in total. The number of hydrogen-bond donors (Lipinski definition) is 2. The number of amides is 1. The van der Waals surface area contributed by atoms with E-state index in [1.165, 1.54) is 7.05 Å². The van der Waals surface area contributed by atoms with Crippen molar-refractivity contribution in [3.8, 4) is 0 Å². The predicted octanol–water partition coefficient (Wildman–Crippen LogP) is 2.02. The lowest BCUT2D eigenvalue weighted by Crippen LogP contribution is -2.25. The van der Waals surface area contributed by atoms with Crippen molar-refractivity contribution in [3.63, 3.8) is 0 Å². The van der Waals surface area contributed by atoms with Gasteiger partial charge in [0, 0.05) is 38.1 Å². The molecule has 7 heteroatoms. The molecule has 1 aromatic carbocycles. The summed E-state index contributed by atoms with van der Waals surface area (Å²) in [7, 11) is 1.41. The fraction of sp³-hybridized carbons (Fsp3) is 0.286. The third-order valence-electron chi connectivity index (χ3n) is 2.96. The van der Waals surface area contributed by atoms with Crippen molar-refractivity contribution in [3.05, 3.63) is 47.8 Å². The number of nitrogens with one attached hydrogen (secondary N) is 2. The third kappa shape index (κ3) is 3.77. The lowest BCUT2D eigenvalue weighted by Gasteiger charge is -2.08. The van der Waals surface area contributed by atoms with Crippen LogP contribution >= 0.6 is 0 Å². The van der Waals surface area contributed by atoms with Gasteiger partial charge in [0.1, 0.15) is 17.3 Å². The molecule has 0 aliphatic rings. The van der Waals surface area contributed by atoms with Crippen LogP contribution in [0, 0.1) is 11.6 Å². The number of benzene rings is 1. The van der Waals surface area contributed by atoms with Gasteiger partial charge in [-0.2, -0.15) is 5.10 Å². The van der Waals surface area contributed by atoms with Gasteiger partial charge in [0.25, 0.3) is 5.91 Å². The number of halogens is 2. The van der Waals surface area contributed by atoms with Crippen LogP contribution in [0.3, 0.4) is 0 Å². The van der Waals surface area contributed by atoms with Crippen LogP contribution in [0.15, 0.2) is 30.6 Å². The quantitative estimate of drug-likeness (QED) is 0.801. The molecule has 0 spiro atoms. The van der Waals surface area contributed by atoms with Crippen LogP contribution in [0.4, 0.5) is 14.5 Å². The lowest BCUT2D eigenvalue weighted by atomic mass is 10.1. The van der Waals surface area contributed by atoms with Crippen LogP contribution in [0.1, 0.15) is 16.8 Å². The Morgan fingerprint density at radius 3 is 2.62 bits per heavy atom. The normalized spacial score (nSPS) is 10.4. The molecule has 0 saturated heterocycles. The number of anilines is 1. The summed E-state index contributed by atoms with van der Waals surface area (Å²) in [6, 6.07) is 3.84. The maximum Gasteiger partial charge on any atom is 0.251 e. The summed E-state index contributed by atoms with van der Waals surface area (Å²) in [5.74, 6) is -2.09. The molecule has 0 aliphatic carbocycles. The molecule has 0 aliphatic heterocycles. The Balaban J connectivity index is 1.88. The number of hydrogen-bond acceptors (Lipinski definition) is 3. The van der Waals surface area contributed by atoms with Gasteiger partial charge in [-0.05, 0) is 24.6 Å². The molecular formula is C14H16F2N4O. The van der Waals surface area contributed by atoms with Gasteiger partial charge in [0.15, 0.2) is 0 Å². The monoisotopic (exact) mass is 294 g/mol. The van der Waals surface area contributed by atoms with E-state index in [0.29, 0.717) is 19.5 Å². The average Bonchev–Trinajstić information content (AvgIpc) is 2.96. The second-order valence-electron chi connectivity index (χ2n) is 4.44. The molecule has 0 saturated carbocycles. The van der Waals surface area contributed by atoms with Crippen LogP contribution in [0.5, 0.6) is 0 Å². The largest absolute Gasteiger partial charge is 0.383 e. The summed E-state index contributed by atoms with van der Waals surface area (Å²) >= 11 is 0. The number of carbonyl (C=O) groups is 1. The average molecular weight is 294 g/mol. The minimum absolute atomic E-state index is 0.0388. The summed E-state index contributed by atoms with van der Waals surface area (Å²) < 4.78 is 28.8. The Morgan fingerprint density at radius 1 is 1.33 bits per heavy atom. The van der Waals surface area contributed by atoms with Gasteiger partial charge in [0.05, 0.1) is 0 Å². The first-order valence-corrected chi connectivity index (χ1v) is 6.54. The second-order valence-corrected chi connectivity index (χ2v) is 4.44. The Kier molecular flexibility index (Phi) is 4.86. The summed E-state index contributed by atoms with van der Waals surface area (Å²) in [5.41, 5.74) is -0.284. The second kappa shape index (κ2) is 6.83. The molecule has 2 aromatic rings. The van der Waals surface area contributed by atoms with Crippen molar-refractivity contribution in [2.45, 2.75) is 13.0 Å². The van der Waals surface area contributed by atoms with E-state index < -0.39 is 17.5 Å². The smallest absolute Gasteiger partial charge is 0.251 e. The molecule has 0 fully saturated rings. The van der Waals surface area contributed by atoms with Gasteiger partial charge in [-0.25, -0.2) is 8.78 Å². The third-order valence-corrected chi connectivity index (χ3v) is 2.96. The molecule has 1 amide bonds. The fourth-order valence-electron chi connectivity index (χ4n) is 1.92. The highest BCUT2D eigenvalue weighted by Crippen LogP contribution is 2.20. The zero-order valence-electron chi connectivity index (χ0n) is 11.6. The molecule has 112 valence electrons. The Labute approximate surface area is 121 Å². The molecular weight excluding hydrogens is 278 g/mol. The molecule has 1 aromatic heterocycles. The van der Waals surface area contributed by atoms with Crippen molar-refractivity contribution < 1.29 is 13.6 Å². The van der Waals surface area contributed by atoms with Crippen LogP contribution < -0.4 is 10.6 Å². The number of rotatable bonds is 6. The summed E-state index contributed by atoms with van der Waals surface area (Å²) in [6.07, 6.45) is 4.17. The van der Waals surface area contributed by atoms with E-state index in [4.69, 9.17) is 0 Å². The lowest BCUT2D eigenvalue weighted by molar-refractivity contribution is 0.0951. The van der Waals surface area contributed by atoms with Crippen LogP contribution in [0.25, 0.3) is 0 Å². The predicted molar refractivity (Wildman–Crippen MR) is 75.1 cm³/mol. The highest BCUT2D eigenvalue weighted by molar-refractivity contribution is 5.94. The van der Waals surface area contributed by atoms with Crippen LogP contribution in [-0.2, 0) is 6.54 Å². The van der Waals surface area contributed by atoms with Crippen molar-refractivity contribution in [2.24, 2.45) is 0 Å². The molecule has 0 bridgehead atoms. The van der Waals surface area contributed by atoms with E-state index in [-0.39, 0.29) is 11.3 Å². The topological polar surface area (TPSA) is 59.0 Å². The van der Waals surface area contributed by atoms with Crippen molar-refractivity contribution in [2.75, 3.05) is 18.9 Å². The van der Waals surface area contributed by atoms with Gasteiger partial charge >= 0.3 is 0 Å². The SMILES string of the molecule is CNc1c(F)cc(C(=O)NCCCn2cccn2)cc1F. The molecule has 0 atom stereocenters. The van der Waals surface area contributed by atoms with E-state index in [2.05, 4.69) is 15.7 Å². The highest BCUT2D eigenvalue weighted by atomic mass is 19.1. The zero-order chi connectivity index (χ0) is 15.2. The van der Waals surface area contributed by atoms with E-state index in [1.807, 2.05) is 12.3 Å². The van der Waals surface area contributed by atoms with E-state index in [0.717, 1.165) is 12.1 Å². The minimum atomic E-state index is -0.792. The number of aryl methyl sites for hydroxylation is 1. The first-order chi connectivity index (χ1) is 10.1. The van der Waals surface area contributed by atoms with Gasteiger partial charge in [-0.3, -0.25) is 9.48 Å². The van der Waals surface area contributed by atoms with E-state index in [1.54, 1.807) is 10.9 Å². The molecule has 5 nitrogen and oxygen atoms in total. The Morgan fingerprint density at radius 2 is 2.05 bits per heavy atom. The van der Waals surface area contributed by atoms with Crippen molar-refractivity contribution >= 4 is 11.6 Å². The standard InChI is InChI=1S/C14H16F2N4O/c1-17-13-11(15)8-10(9-12(13)16)14(21)18-4-2-6-20-7-3-5-19-20/h3,5,7-9,17H,2,4,6H2,1H3,(H,18,21). The van der Waals surface area contributed by atoms with Gasteiger partial charge in [-0.1, -0.05) is 0 Å². The summed E-state index contributed by atoms with van der Waals surface area (Å²) in [5, 5.41) is 9.06. The van der Waals surface area contributed by atoms with Crippen LogP contribution in [-0.4, -0.2) is 29.3 Å². The van der Waals surface area contributed by atoms with Gasteiger partial charge < -0.3 is 10.6 Å². The number of aromatic nitrogens is 2. The van der Waals surface area contributed by atoms with Crippen molar-refractivity contribution in [1.29, 1.82) is 0 Å². The molecule has 0 unspecified atom stereocenters. The molecule has 2 rings (SSSR count). The molecule has 21 heavy (non-hydrogen) atoms. The van der Waals surface area contributed by atoms with Gasteiger partial charge in [0.2, 0.25) is 0 Å². The molecule has 0 radical (unpaired) electrons. The zero-order valence-corrected chi connectivity index (χ0v) is 11.6. The Bertz CT molecular complexity index is 590. The summed E-state index contributed by atoms with van der Waals surface area (Å²) in [6.45, 7) is 1.06. The van der Waals surface area contributed by atoms with Gasteiger partial charge in [-0.15, -0.1) is 0 Å². The molecule has 1 heterocycles.